The second-order valence-electron chi connectivity index (χ2n) is 6.19. The van der Waals surface area contributed by atoms with Crippen molar-refractivity contribution in [3.63, 3.8) is 0 Å². The zero-order chi connectivity index (χ0) is 18.4. The summed E-state index contributed by atoms with van der Waals surface area (Å²) in [6.07, 6.45) is 0. The molecule has 0 saturated carbocycles. The molecule has 25 heavy (non-hydrogen) atoms. The highest BCUT2D eigenvalue weighted by molar-refractivity contribution is 6.42. The standard InChI is InChI=1S/C19H23Cl3N2O/c1-23(12-14-4-6-16(20)17(21)10-14)8-9-24(2)13-15-5-7-19(25-3)18(22)11-15/h4-7,10-11H,8-9,12-13H2,1-3H3. The normalized spacial score (nSPS) is 11.4. The fourth-order valence-corrected chi connectivity index (χ4v) is 3.17. The Morgan fingerprint density at radius 3 is 1.76 bits per heavy atom. The lowest BCUT2D eigenvalue weighted by Crippen LogP contribution is -2.30. The molecule has 0 atom stereocenters. The molecule has 0 saturated heterocycles. The lowest BCUT2D eigenvalue weighted by molar-refractivity contribution is 0.247. The van der Waals surface area contributed by atoms with Gasteiger partial charge in [0.2, 0.25) is 0 Å². The summed E-state index contributed by atoms with van der Waals surface area (Å²) in [5.41, 5.74) is 2.32. The summed E-state index contributed by atoms with van der Waals surface area (Å²) in [4.78, 5) is 4.53. The maximum Gasteiger partial charge on any atom is 0.137 e. The zero-order valence-electron chi connectivity index (χ0n) is 14.7. The van der Waals surface area contributed by atoms with E-state index in [4.69, 9.17) is 39.5 Å². The Kier molecular flexibility index (Phi) is 7.85. The largest absolute Gasteiger partial charge is 0.495 e. The Morgan fingerprint density at radius 2 is 1.28 bits per heavy atom. The fourth-order valence-electron chi connectivity index (χ4n) is 2.57. The molecule has 0 radical (unpaired) electrons. The molecule has 3 nitrogen and oxygen atoms in total. The van der Waals surface area contributed by atoms with E-state index in [0.29, 0.717) is 20.8 Å². The fraction of sp³-hybridized carbons (Fsp3) is 0.368. The molecule has 2 aromatic rings. The monoisotopic (exact) mass is 400 g/mol. The third kappa shape index (κ3) is 6.36. The number of benzene rings is 2. The second-order valence-corrected chi connectivity index (χ2v) is 7.41. The third-order valence-electron chi connectivity index (χ3n) is 3.97. The number of hydrogen-bond acceptors (Lipinski definition) is 3. The van der Waals surface area contributed by atoms with Crippen molar-refractivity contribution < 1.29 is 4.74 Å². The summed E-state index contributed by atoms with van der Waals surface area (Å²) < 4.78 is 5.19. The summed E-state index contributed by atoms with van der Waals surface area (Å²) in [6.45, 7) is 3.56. The maximum absolute atomic E-state index is 6.18. The molecule has 0 aliphatic rings. The highest BCUT2D eigenvalue weighted by Gasteiger charge is 2.07. The first-order valence-electron chi connectivity index (χ1n) is 8.02. The molecule has 0 spiro atoms. The average Bonchev–Trinajstić information content (AvgIpc) is 2.56. The van der Waals surface area contributed by atoms with Crippen LogP contribution in [0.3, 0.4) is 0 Å². The minimum atomic E-state index is 0.589. The van der Waals surface area contributed by atoms with Gasteiger partial charge in [-0.1, -0.05) is 46.9 Å². The first kappa shape index (κ1) is 20.3. The van der Waals surface area contributed by atoms with Gasteiger partial charge in [0.15, 0.2) is 0 Å². The van der Waals surface area contributed by atoms with Gasteiger partial charge in [0.25, 0.3) is 0 Å². The molecule has 0 amide bonds. The molecule has 2 rings (SSSR count). The van der Waals surface area contributed by atoms with Gasteiger partial charge in [-0.2, -0.15) is 0 Å². The van der Waals surface area contributed by atoms with E-state index in [0.717, 1.165) is 31.7 Å². The molecule has 0 N–H and O–H groups in total. The van der Waals surface area contributed by atoms with Gasteiger partial charge in [-0.3, -0.25) is 0 Å². The molecule has 0 aliphatic heterocycles. The molecule has 0 unspecified atom stereocenters. The SMILES string of the molecule is COc1ccc(CN(C)CCN(C)Cc2ccc(Cl)c(Cl)c2)cc1Cl. The zero-order valence-corrected chi connectivity index (χ0v) is 17.0. The summed E-state index contributed by atoms with van der Waals surface area (Å²) >= 11 is 18.2. The van der Waals surface area contributed by atoms with Crippen LogP contribution in [0.25, 0.3) is 0 Å². The minimum Gasteiger partial charge on any atom is -0.495 e. The molecule has 0 aromatic heterocycles. The number of methoxy groups -OCH3 is 1. The quantitative estimate of drug-likeness (QED) is 0.603. The lowest BCUT2D eigenvalue weighted by atomic mass is 10.2. The van der Waals surface area contributed by atoms with Gasteiger partial charge in [0.1, 0.15) is 5.75 Å². The van der Waals surface area contributed by atoms with Crippen LogP contribution in [0.2, 0.25) is 15.1 Å². The molecule has 0 heterocycles. The van der Waals surface area contributed by atoms with Gasteiger partial charge in [-0.05, 0) is 49.5 Å². The van der Waals surface area contributed by atoms with Crippen molar-refractivity contribution in [1.29, 1.82) is 0 Å². The van der Waals surface area contributed by atoms with E-state index in [1.807, 2.05) is 36.4 Å². The summed E-state index contributed by atoms with van der Waals surface area (Å²) in [5.74, 6) is 0.703. The van der Waals surface area contributed by atoms with E-state index in [9.17, 15) is 0 Å². The van der Waals surface area contributed by atoms with Crippen LogP contribution in [0.15, 0.2) is 36.4 Å². The number of likely N-dealkylation sites (N-methyl/N-ethyl adjacent to an activating group) is 2. The van der Waals surface area contributed by atoms with Crippen LogP contribution in [0, 0.1) is 0 Å². The first-order chi connectivity index (χ1) is 11.9. The molecule has 0 aliphatic carbocycles. The van der Waals surface area contributed by atoms with Crippen LogP contribution in [0.1, 0.15) is 11.1 Å². The molecule has 0 fully saturated rings. The molecule has 0 bridgehead atoms. The van der Waals surface area contributed by atoms with Crippen LogP contribution >= 0.6 is 34.8 Å². The van der Waals surface area contributed by atoms with E-state index in [1.54, 1.807) is 7.11 Å². The Hall–Kier alpha value is -0.970. The number of halogens is 3. The summed E-state index contributed by atoms with van der Waals surface area (Å²) in [6, 6.07) is 11.7. The van der Waals surface area contributed by atoms with Crippen LogP contribution in [0.4, 0.5) is 0 Å². The maximum atomic E-state index is 6.18. The number of rotatable bonds is 8. The lowest BCUT2D eigenvalue weighted by Gasteiger charge is -2.22. The number of hydrogen-bond donors (Lipinski definition) is 0. The number of nitrogens with zero attached hydrogens (tertiary/aromatic N) is 2. The van der Waals surface area contributed by atoms with Crippen LogP contribution in [-0.2, 0) is 13.1 Å². The van der Waals surface area contributed by atoms with Crippen molar-refractivity contribution in [2.24, 2.45) is 0 Å². The highest BCUT2D eigenvalue weighted by Crippen LogP contribution is 2.25. The molecule has 6 heteroatoms. The first-order valence-corrected chi connectivity index (χ1v) is 9.16. The summed E-state index contributed by atoms with van der Waals surface area (Å²) in [5, 5.41) is 1.83. The van der Waals surface area contributed by atoms with Gasteiger partial charge in [0, 0.05) is 26.2 Å². The second kappa shape index (κ2) is 9.65. The van der Waals surface area contributed by atoms with Gasteiger partial charge in [-0.25, -0.2) is 0 Å². The topological polar surface area (TPSA) is 15.7 Å². The van der Waals surface area contributed by atoms with Crippen molar-refractivity contribution in [3.8, 4) is 5.75 Å². The molecule has 2 aromatic carbocycles. The van der Waals surface area contributed by atoms with Gasteiger partial charge in [-0.15, -0.1) is 0 Å². The van der Waals surface area contributed by atoms with Gasteiger partial charge < -0.3 is 14.5 Å². The van der Waals surface area contributed by atoms with Gasteiger partial charge in [0.05, 0.1) is 22.2 Å². The average molecular weight is 402 g/mol. The van der Waals surface area contributed by atoms with Gasteiger partial charge >= 0.3 is 0 Å². The van der Waals surface area contributed by atoms with E-state index < -0.39 is 0 Å². The minimum absolute atomic E-state index is 0.589. The summed E-state index contributed by atoms with van der Waals surface area (Å²) in [7, 11) is 5.82. The molecule has 136 valence electrons. The van der Waals surface area contributed by atoms with E-state index >= 15 is 0 Å². The van der Waals surface area contributed by atoms with Crippen LogP contribution in [0.5, 0.6) is 5.75 Å². The predicted octanol–water partition coefficient (Wildman–Crippen LogP) is 5.22. The van der Waals surface area contributed by atoms with Crippen molar-refractivity contribution in [1.82, 2.24) is 9.80 Å². The predicted molar refractivity (Wildman–Crippen MR) is 107 cm³/mol. The number of ether oxygens (including phenoxy) is 1. The third-order valence-corrected chi connectivity index (χ3v) is 5.00. The molecular weight excluding hydrogens is 379 g/mol. The van der Waals surface area contributed by atoms with Crippen molar-refractivity contribution in [2.45, 2.75) is 13.1 Å². The Morgan fingerprint density at radius 1 is 0.760 bits per heavy atom. The van der Waals surface area contributed by atoms with Crippen molar-refractivity contribution in [2.75, 3.05) is 34.3 Å². The molecular formula is C19H23Cl3N2O. The smallest absolute Gasteiger partial charge is 0.137 e. The highest BCUT2D eigenvalue weighted by atomic mass is 35.5. The van der Waals surface area contributed by atoms with E-state index in [2.05, 4.69) is 23.9 Å². The van der Waals surface area contributed by atoms with E-state index in [1.165, 1.54) is 5.56 Å². The Labute approximate surface area is 165 Å². The van der Waals surface area contributed by atoms with Crippen LogP contribution in [-0.4, -0.2) is 44.1 Å². The van der Waals surface area contributed by atoms with E-state index in [-0.39, 0.29) is 0 Å². The van der Waals surface area contributed by atoms with Crippen molar-refractivity contribution in [3.05, 3.63) is 62.6 Å². The van der Waals surface area contributed by atoms with Crippen molar-refractivity contribution >= 4 is 34.8 Å². The Balaban J connectivity index is 1.81. The Bertz CT molecular complexity index is 709. The van der Waals surface area contributed by atoms with Crippen LogP contribution < -0.4 is 4.74 Å².